The predicted octanol–water partition coefficient (Wildman–Crippen LogP) is 12.6. The van der Waals surface area contributed by atoms with Crippen LogP contribution in [0.25, 0.3) is 100 Å². The molecule has 0 aliphatic rings. The molecular formula is C46H28N2O2. The smallest absolute Gasteiger partial charge is 0.160 e. The minimum Gasteiger partial charge on any atom is -0.456 e. The lowest BCUT2D eigenvalue weighted by atomic mass is 9.96. The van der Waals surface area contributed by atoms with Crippen LogP contribution in [0.2, 0.25) is 0 Å². The fourth-order valence-corrected chi connectivity index (χ4v) is 7.10. The maximum absolute atomic E-state index is 6.79. The van der Waals surface area contributed by atoms with Crippen LogP contribution in [0, 0.1) is 0 Å². The molecule has 0 spiro atoms. The van der Waals surface area contributed by atoms with E-state index in [1.54, 1.807) is 0 Å². The van der Waals surface area contributed by atoms with E-state index in [0.717, 1.165) is 88.6 Å². The van der Waals surface area contributed by atoms with Gasteiger partial charge in [0.15, 0.2) is 5.82 Å². The van der Waals surface area contributed by atoms with Crippen molar-refractivity contribution in [1.82, 2.24) is 9.97 Å². The van der Waals surface area contributed by atoms with Crippen LogP contribution >= 0.6 is 0 Å². The first-order valence-corrected chi connectivity index (χ1v) is 16.7. The predicted molar refractivity (Wildman–Crippen MR) is 204 cm³/mol. The van der Waals surface area contributed by atoms with Crippen LogP contribution in [-0.4, -0.2) is 9.97 Å². The van der Waals surface area contributed by atoms with Crippen LogP contribution in [0.3, 0.4) is 0 Å². The van der Waals surface area contributed by atoms with Crippen molar-refractivity contribution in [2.24, 2.45) is 0 Å². The summed E-state index contributed by atoms with van der Waals surface area (Å²) in [4.78, 5) is 10.0. The molecule has 3 aromatic heterocycles. The van der Waals surface area contributed by atoms with Crippen molar-refractivity contribution in [3.63, 3.8) is 0 Å². The second-order valence-corrected chi connectivity index (χ2v) is 12.5. The lowest BCUT2D eigenvalue weighted by Crippen LogP contribution is -1.95. The van der Waals surface area contributed by atoms with Gasteiger partial charge in [-0.05, 0) is 53.1 Å². The summed E-state index contributed by atoms with van der Waals surface area (Å²) in [5.74, 6) is 0.685. The number of hydrogen-bond donors (Lipinski definition) is 0. The normalized spacial score (nSPS) is 11.6. The van der Waals surface area contributed by atoms with Gasteiger partial charge in [0.2, 0.25) is 0 Å². The SMILES string of the molecule is c1ccc(-c2ccc3oc4cccc(-c5cccc6c5oc5cc(-c7cc(-c8ccccc8)nc(-c8ccccc8)n7)ccc56)c4c3c2)cc1. The number of fused-ring (bicyclic) bond motifs is 6. The van der Waals surface area contributed by atoms with Crippen LogP contribution < -0.4 is 0 Å². The zero-order valence-electron chi connectivity index (χ0n) is 26.9. The van der Waals surface area contributed by atoms with Crippen molar-refractivity contribution in [2.75, 3.05) is 0 Å². The third-order valence-corrected chi connectivity index (χ3v) is 9.51. The summed E-state index contributed by atoms with van der Waals surface area (Å²) < 4.78 is 13.2. The summed E-state index contributed by atoms with van der Waals surface area (Å²) in [6, 6.07) is 58.4. The molecule has 0 radical (unpaired) electrons. The Labute approximate surface area is 287 Å². The fraction of sp³-hybridized carbons (Fsp3) is 0. The van der Waals surface area contributed by atoms with Crippen LogP contribution in [0.1, 0.15) is 0 Å². The van der Waals surface area contributed by atoms with Gasteiger partial charge in [0.1, 0.15) is 22.3 Å². The number of rotatable bonds is 5. The quantitative estimate of drug-likeness (QED) is 0.188. The highest BCUT2D eigenvalue weighted by molar-refractivity contribution is 6.17. The van der Waals surface area contributed by atoms with Crippen LogP contribution in [-0.2, 0) is 0 Å². The van der Waals surface area contributed by atoms with E-state index >= 15 is 0 Å². The molecule has 0 bridgehead atoms. The lowest BCUT2D eigenvalue weighted by Gasteiger charge is -2.09. The number of aromatic nitrogens is 2. The van der Waals surface area contributed by atoms with Crippen molar-refractivity contribution >= 4 is 43.9 Å². The molecule has 0 unspecified atom stereocenters. The highest BCUT2D eigenvalue weighted by Gasteiger charge is 2.19. The number of para-hydroxylation sites is 1. The van der Waals surface area contributed by atoms with Gasteiger partial charge >= 0.3 is 0 Å². The highest BCUT2D eigenvalue weighted by Crippen LogP contribution is 2.43. The molecular weight excluding hydrogens is 613 g/mol. The van der Waals surface area contributed by atoms with E-state index < -0.39 is 0 Å². The van der Waals surface area contributed by atoms with Gasteiger partial charge < -0.3 is 8.83 Å². The topological polar surface area (TPSA) is 52.1 Å². The number of benzene rings is 7. The van der Waals surface area contributed by atoms with Crippen molar-refractivity contribution in [2.45, 2.75) is 0 Å². The first-order valence-electron chi connectivity index (χ1n) is 16.7. The largest absolute Gasteiger partial charge is 0.456 e. The maximum Gasteiger partial charge on any atom is 0.160 e. The summed E-state index contributed by atoms with van der Waals surface area (Å²) in [6.07, 6.45) is 0. The van der Waals surface area contributed by atoms with Gasteiger partial charge in [-0.25, -0.2) is 9.97 Å². The minimum absolute atomic E-state index is 0.685. The summed E-state index contributed by atoms with van der Waals surface area (Å²) in [5, 5.41) is 4.29. The van der Waals surface area contributed by atoms with Gasteiger partial charge in [0.25, 0.3) is 0 Å². The van der Waals surface area contributed by atoms with Gasteiger partial charge in [-0.2, -0.15) is 0 Å². The molecule has 0 N–H and O–H groups in total. The summed E-state index contributed by atoms with van der Waals surface area (Å²) in [5.41, 5.74) is 12.5. The van der Waals surface area contributed by atoms with Gasteiger partial charge in [-0.15, -0.1) is 0 Å². The molecule has 7 aromatic carbocycles. The second-order valence-electron chi connectivity index (χ2n) is 12.5. The van der Waals surface area contributed by atoms with E-state index in [-0.39, 0.29) is 0 Å². The zero-order chi connectivity index (χ0) is 33.0. The minimum atomic E-state index is 0.685. The Morgan fingerprint density at radius 2 is 1.00 bits per heavy atom. The third kappa shape index (κ3) is 4.69. The Balaban J connectivity index is 1.14. The van der Waals surface area contributed by atoms with Gasteiger partial charge in [-0.1, -0.05) is 133 Å². The lowest BCUT2D eigenvalue weighted by molar-refractivity contribution is 0.669. The Kier molecular flexibility index (Phi) is 6.46. The molecule has 0 aliphatic heterocycles. The molecule has 0 amide bonds. The molecule has 10 aromatic rings. The van der Waals surface area contributed by atoms with E-state index in [9.17, 15) is 0 Å². The molecule has 4 nitrogen and oxygen atoms in total. The van der Waals surface area contributed by atoms with Gasteiger partial charge in [0, 0.05) is 43.8 Å². The molecule has 0 saturated heterocycles. The van der Waals surface area contributed by atoms with E-state index in [2.05, 4.69) is 109 Å². The molecule has 4 heteroatoms. The first-order chi connectivity index (χ1) is 24.8. The Bertz CT molecular complexity index is 2800. The first kappa shape index (κ1) is 28.3. The molecule has 0 saturated carbocycles. The highest BCUT2D eigenvalue weighted by atomic mass is 16.3. The summed E-state index contributed by atoms with van der Waals surface area (Å²) >= 11 is 0. The van der Waals surface area contributed by atoms with Crippen molar-refractivity contribution in [3.8, 4) is 56.2 Å². The molecule has 10 rings (SSSR count). The molecule has 0 aliphatic carbocycles. The molecule has 3 heterocycles. The number of hydrogen-bond acceptors (Lipinski definition) is 4. The third-order valence-electron chi connectivity index (χ3n) is 9.51. The standard InChI is InChI=1S/C46H28N2O2/c1-4-12-29(13-5-1)32-23-25-41-38(26-32)44-35(18-11-21-42(44)49-41)37-20-10-19-36-34-24-22-33(27-43(34)50-45(36)37)40-28-39(30-14-6-2-7-15-30)47-46(48-40)31-16-8-3-9-17-31/h1-28H. The number of nitrogens with zero attached hydrogens (tertiary/aromatic N) is 2. The van der Waals surface area contributed by atoms with Gasteiger partial charge in [0.05, 0.1) is 11.4 Å². The van der Waals surface area contributed by atoms with Crippen molar-refractivity contribution in [1.29, 1.82) is 0 Å². The zero-order valence-corrected chi connectivity index (χ0v) is 26.9. The Morgan fingerprint density at radius 1 is 0.340 bits per heavy atom. The van der Waals surface area contributed by atoms with Crippen molar-refractivity contribution < 1.29 is 8.83 Å². The molecule has 50 heavy (non-hydrogen) atoms. The molecule has 234 valence electrons. The van der Waals surface area contributed by atoms with Gasteiger partial charge in [-0.3, -0.25) is 0 Å². The number of furan rings is 2. The summed E-state index contributed by atoms with van der Waals surface area (Å²) in [6.45, 7) is 0. The van der Waals surface area contributed by atoms with E-state index in [4.69, 9.17) is 18.8 Å². The Hall–Kier alpha value is -6.78. The van der Waals surface area contributed by atoms with Crippen LogP contribution in [0.15, 0.2) is 179 Å². The Morgan fingerprint density at radius 3 is 1.78 bits per heavy atom. The second kappa shape index (κ2) is 11.4. The summed E-state index contributed by atoms with van der Waals surface area (Å²) in [7, 11) is 0. The van der Waals surface area contributed by atoms with E-state index in [0.29, 0.717) is 5.82 Å². The van der Waals surface area contributed by atoms with E-state index in [1.165, 1.54) is 5.56 Å². The monoisotopic (exact) mass is 640 g/mol. The molecule has 0 atom stereocenters. The van der Waals surface area contributed by atoms with Crippen LogP contribution in [0.4, 0.5) is 0 Å². The maximum atomic E-state index is 6.79. The molecule has 0 fully saturated rings. The average Bonchev–Trinajstić information content (AvgIpc) is 3.76. The average molecular weight is 641 g/mol. The van der Waals surface area contributed by atoms with Crippen LogP contribution in [0.5, 0.6) is 0 Å². The van der Waals surface area contributed by atoms with E-state index in [1.807, 2.05) is 60.7 Å². The van der Waals surface area contributed by atoms with Crippen molar-refractivity contribution in [3.05, 3.63) is 170 Å². The fourth-order valence-electron chi connectivity index (χ4n) is 7.10.